The molecule has 0 saturated heterocycles. The number of nitrogens with one attached hydrogen (secondary N) is 1. The zero-order valence-electron chi connectivity index (χ0n) is 12.4. The summed E-state index contributed by atoms with van der Waals surface area (Å²) in [7, 11) is 0. The number of carbonyl (C=O) groups is 1. The van der Waals surface area contributed by atoms with Gasteiger partial charge in [-0.1, -0.05) is 41.7 Å². The summed E-state index contributed by atoms with van der Waals surface area (Å²) in [4.78, 5) is 17.9. The van der Waals surface area contributed by atoms with Crippen LogP contribution in [0.3, 0.4) is 0 Å². The molecule has 0 aliphatic rings. The highest BCUT2D eigenvalue weighted by Crippen LogP contribution is 2.29. The molecule has 1 aromatic heterocycles. The van der Waals surface area contributed by atoms with Gasteiger partial charge >= 0.3 is 0 Å². The zero-order valence-corrected chi connectivity index (χ0v) is 14.0. The summed E-state index contributed by atoms with van der Waals surface area (Å²) in [5, 5.41) is 3.42. The molecule has 0 aliphatic heterocycles. The van der Waals surface area contributed by atoms with Gasteiger partial charge in [-0.15, -0.1) is 11.8 Å². The summed E-state index contributed by atoms with van der Waals surface area (Å²) >= 11 is 3.06. The third-order valence-corrected chi connectivity index (χ3v) is 5.32. The average Bonchev–Trinajstić information content (AvgIpc) is 2.92. The van der Waals surface area contributed by atoms with Crippen LogP contribution in [0.1, 0.15) is 12.5 Å². The molecule has 0 unspecified atom stereocenters. The lowest BCUT2D eigenvalue weighted by molar-refractivity contribution is -0.115. The number of benzene rings is 2. The number of thiazole rings is 1. The number of carbonyl (C=O) groups excluding carboxylic acids is 1. The van der Waals surface area contributed by atoms with Gasteiger partial charge in [0.1, 0.15) is 0 Å². The standard InChI is InChI=1S/C17H16N2OS2/c1-11-7-6-10-14-15(11)18-17(22-14)19-16(20)12(2)21-13-8-4-3-5-9-13/h3-10,12H,1-2H3,(H,18,19,20)/t12-/m0/s1. The van der Waals surface area contributed by atoms with Crippen LogP contribution in [-0.2, 0) is 4.79 Å². The van der Waals surface area contributed by atoms with Crippen molar-refractivity contribution in [3.63, 3.8) is 0 Å². The van der Waals surface area contributed by atoms with Gasteiger partial charge < -0.3 is 5.32 Å². The van der Waals surface area contributed by atoms with Gasteiger partial charge in [0.15, 0.2) is 5.13 Å². The van der Waals surface area contributed by atoms with E-state index in [-0.39, 0.29) is 11.2 Å². The van der Waals surface area contributed by atoms with E-state index in [4.69, 9.17) is 0 Å². The molecule has 22 heavy (non-hydrogen) atoms. The lowest BCUT2D eigenvalue weighted by atomic mass is 10.2. The van der Waals surface area contributed by atoms with E-state index in [0.717, 1.165) is 20.7 Å². The Morgan fingerprint density at radius 1 is 1.18 bits per heavy atom. The van der Waals surface area contributed by atoms with Crippen LogP contribution in [0.15, 0.2) is 53.4 Å². The van der Waals surface area contributed by atoms with Crippen molar-refractivity contribution in [1.82, 2.24) is 4.98 Å². The quantitative estimate of drug-likeness (QED) is 0.704. The number of para-hydroxylation sites is 1. The number of fused-ring (bicyclic) bond motifs is 1. The lowest BCUT2D eigenvalue weighted by Crippen LogP contribution is -2.22. The van der Waals surface area contributed by atoms with Gasteiger partial charge in [-0.25, -0.2) is 4.98 Å². The summed E-state index contributed by atoms with van der Waals surface area (Å²) in [5.41, 5.74) is 2.09. The van der Waals surface area contributed by atoms with Crippen LogP contribution in [-0.4, -0.2) is 16.1 Å². The molecule has 112 valence electrons. The maximum Gasteiger partial charge on any atom is 0.239 e. The fourth-order valence-electron chi connectivity index (χ4n) is 2.10. The smallest absolute Gasteiger partial charge is 0.239 e. The van der Waals surface area contributed by atoms with Crippen molar-refractivity contribution in [1.29, 1.82) is 0 Å². The molecule has 2 aromatic carbocycles. The maximum absolute atomic E-state index is 12.3. The predicted octanol–water partition coefficient (Wildman–Crippen LogP) is 4.72. The fourth-order valence-corrected chi connectivity index (χ4v) is 3.94. The molecule has 1 heterocycles. The maximum atomic E-state index is 12.3. The molecule has 0 bridgehead atoms. The number of hydrogen-bond acceptors (Lipinski definition) is 4. The van der Waals surface area contributed by atoms with Crippen molar-refractivity contribution in [2.24, 2.45) is 0 Å². The van der Waals surface area contributed by atoms with Gasteiger partial charge in [-0.3, -0.25) is 4.79 Å². The summed E-state index contributed by atoms with van der Waals surface area (Å²) in [6.07, 6.45) is 0. The predicted molar refractivity (Wildman–Crippen MR) is 94.7 cm³/mol. The molecule has 1 amide bonds. The van der Waals surface area contributed by atoms with Gasteiger partial charge in [-0.05, 0) is 37.6 Å². The van der Waals surface area contributed by atoms with Gasteiger partial charge in [0.2, 0.25) is 5.91 Å². The fraction of sp³-hybridized carbons (Fsp3) is 0.176. The number of nitrogens with zero attached hydrogens (tertiary/aromatic N) is 1. The van der Waals surface area contributed by atoms with E-state index in [1.165, 1.54) is 11.3 Å². The first-order chi connectivity index (χ1) is 10.6. The minimum atomic E-state index is -0.171. The third kappa shape index (κ3) is 3.31. The average molecular weight is 328 g/mol. The molecule has 0 radical (unpaired) electrons. The Balaban J connectivity index is 1.71. The first-order valence-corrected chi connectivity index (χ1v) is 8.72. The second kappa shape index (κ2) is 6.50. The molecule has 0 fully saturated rings. The Bertz CT molecular complexity index is 799. The molecule has 0 saturated carbocycles. The van der Waals surface area contributed by atoms with Crippen LogP contribution < -0.4 is 5.32 Å². The van der Waals surface area contributed by atoms with Crippen LogP contribution in [0.5, 0.6) is 0 Å². The number of aryl methyl sites for hydroxylation is 1. The number of anilines is 1. The van der Waals surface area contributed by atoms with E-state index >= 15 is 0 Å². The number of thioether (sulfide) groups is 1. The Morgan fingerprint density at radius 3 is 2.68 bits per heavy atom. The first kappa shape index (κ1) is 15.1. The molecule has 3 rings (SSSR count). The normalized spacial score (nSPS) is 12.3. The molecular formula is C17H16N2OS2. The third-order valence-electron chi connectivity index (χ3n) is 3.28. The Hall–Kier alpha value is -1.85. The summed E-state index contributed by atoms with van der Waals surface area (Å²) in [6, 6.07) is 16.0. The van der Waals surface area contributed by atoms with Crippen LogP contribution in [0.2, 0.25) is 0 Å². The first-order valence-electron chi connectivity index (χ1n) is 7.02. The van der Waals surface area contributed by atoms with Crippen LogP contribution in [0.4, 0.5) is 5.13 Å². The number of aromatic nitrogens is 1. The topological polar surface area (TPSA) is 42.0 Å². The van der Waals surface area contributed by atoms with Crippen LogP contribution in [0.25, 0.3) is 10.2 Å². The van der Waals surface area contributed by atoms with Crippen molar-refractivity contribution >= 4 is 44.4 Å². The van der Waals surface area contributed by atoms with E-state index in [1.807, 2.05) is 62.4 Å². The van der Waals surface area contributed by atoms with E-state index < -0.39 is 0 Å². The highest BCUT2D eigenvalue weighted by molar-refractivity contribution is 8.00. The van der Waals surface area contributed by atoms with Crippen LogP contribution >= 0.6 is 23.1 Å². The lowest BCUT2D eigenvalue weighted by Gasteiger charge is -2.10. The van der Waals surface area contributed by atoms with Gasteiger partial charge in [0.05, 0.1) is 15.5 Å². The Kier molecular flexibility index (Phi) is 4.45. The van der Waals surface area contributed by atoms with E-state index in [2.05, 4.69) is 10.3 Å². The van der Waals surface area contributed by atoms with Crippen molar-refractivity contribution < 1.29 is 4.79 Å². The largest absolute Gasteiger partial charge is 0.301 e. The highest BCUT2D eigenvalue weighted by Gasteiger charge is 2.16. The monoisotopic (exact) mass is 328 g/mol. The minimum Gasteiger partial charge on any atom is -0.301 e. The van der Waals surface area contributed by atoms with E-state index in [1.54, 1.807) is 11.8 Å². The van der Waals surface area contributed by atoms with Crippen molar-refractivity contribution in [2.75, 3.05) is 5.32 Å². The van der Waals surface area contributed by atoms with E-state index in [9.17, 15) is 4.79 Å². The van der Waals surface area contributed by atoms with Crippen molar-refractivity contribution in [2.45, 2.75) is 24.0 Å². The molecule has 1 atom stereocenters. The van der Waals surface area contributed by atoms with Gasteiger partial charge in [-0.2, -0.15) is 0 Å². The van der Waals surface area contributed by atoms with Crippen molar-refractivity contribution in [3.05, 3.63) is 54.1 Å². The van der Waals surface area contributed by atoms with Crippen LogP contribution in [0, 0.1) is 6.92 Å². The highest BCUT2D eigenvalue weighted by atomic mass is 32.2. The summed E-state index contributed by atoms with van der Waals surface area (Å²) < 4.78 is 1.10. The zero-order chi connectivity index (χ0) is 15.5. The van der Waals surface area contributed by atoms with Crippen molar-refractivity contribution in [3.8, 4) is 0 Å². The van der Waals surface area contributed by atoms with E-state index in [0.29, 0.717) is 5.13 Å². The SMILES string of the molecule is Cc1cccc2sc(NC(=O)[C@H](C)Sc3ccccc3)nc12. The second-order valence-electron chi connectivity index (χ2n) is 5.00. The minimum absolute atomic E-state index is 0.0226. The number of hydrogen-bond donors (Lipinski definition) is 1. The Morgan fingerprint density at radius 2 is 1.95 bits per heavy atom. The molecule has 1 N–H and O–H groups in total. The second-order valence-corrected chi connectivity index (χ2v) is 7.45. The molecular weight excluding hydrogens is 312 g/mol. The van der Waals surface area contributed by atoms with Gasteiger partial charge in [0, 0.05) is 4.90 Å². The number of rotatable bonds is 4. The molecule has 0 aliphatic carbocycles. The molecule has 5 heteroatoms. The van der Waals surface area contributed by atoms with Gasteiger partial charge in [0.25, 0.3) is 0 Å². The molecule has 3 nitrogen and oxygen atoms in total. The molecule has 0 spiro atoms. The summed E-state index contributed by atoms with van der Waals surface area (Å²) in [6.45, 7) is 3.94. The number of amides is 1. The summed E-state index contributed by atoms with van der Waals surface area (Å²) in [5.74, 6) is -0.0226. The Labute approximate surface area is 137 Å². The molecule has 3 aromatic rings.